The van der Waals surface area contributed by atoms with Crippen molar-refractivity contribution in [2.45, 2.75) is 31.8 Å². The molecule has 2 amide bonds. The monoisotopic (exact) mass is 437 g/mol. The quantitative estimate of drug-likeness (QED) is 0.527. The van der Waals surface area contributed by atoms with Gasteiger partial charge in [-0.2, -0.15) is 0 Å². The van der Waals surface area contributed by atoms with Crippen LogP contribution in [-0.2, 0) is 32.0 Å². The SMILES string of the molecule is COC(=O)[C@H](Cc1ccc2ccccc2n1)NC(=O)[C@H](Cc1ccc(F)cc1)NC(C)=O. The molecule has 32 heavy (non-hydrogen) atoms. The van der Waals surface area contributed by atoms with E-state index in [1.807, 2.05) is 30.3 Å². The number of benzene rings is 2. The zero-order chi connectivity index (χ0) is 23.1. The van der Waals surface area contributed by atoms with Crippen LogP contribution >= 0.6 is 0 Å². The first-order valence-electron chi connectivity index (χ1n) is 10.1. The molecule has 0 fully saturated rings. The third kappa shape index (κ3) is 6.10. The molecular weight excluding hydrogens is 413 g/mol. The second-order valence-electron chi connectivity index (χ2n) is 7.37. The molecule has 0 saturated heterocycles. The predicted molar refractivity (Wildman–Crippen MR) is 117 cm³/mol. The number of esters is 1. The highest BCUT2D eigenvalue weighted by molar-refractivity contribution is 5.90. The maximum Gasteiger partial charge on any atom is 0.328 e. The predicted octanol–water partition coefficient (Wildman–Crippen LogP) is 2.32. The van der Waals surface area contributed by atoms with Gasteiger partial charge in [-0.3, -0.25) is 14.6 Å². The van der Waals surface area contributed by atoms with Crippen LogP contribution in [0.25, 0.3) is 10.9 Å². The number of fused-ring (bicyclic) bond motifs is 1. The average molecular weight is 437 g/mol. The van der Waals surface area contributed by atoms with Crippen molar-refractivity contribution in [3.05, 3.63) is 77.7 Å². The van der Waals surface area contributed by atoms with Crippen molar-refractivity contribution < 1.29 is 23.5 Å². The molecule has 1 heterocycles. The number of rotatable bonds is 8. The van der Waals surface area contributed by atoms with E-state index in [2.05, 4.69) is 15.6 Å². The number of hydrogen-bond acceptors (Lipinski definition) is 5. The largest absolute Gasteiger partial charge is 0.467 e. The Labute approximate surface area is 185 Å². The molecule has 7 nitrogen and oxygen atoms in total. The van der Waals surface area contributed by atoms with E-state index < -0.39 is 35.7 Å². The lowest BCUT2D eigenvalue weighted by molar-refractivity contribution is -0.145. The average Bonchev–Trinajstić information content (AvgIpc) is 2.78. The summed E-state index contributed by atoms with van der Waals surface area (Å²) in [5.74, 6) is -1.99. The van der Waals surface area contributed by atoms with E-state index in [0.717, 1.165) is 10.9 Å². The van der Waals surface area contributed by atoms with Crippen LogP contribution in [0.15, 0.2) is 60.7 Å². The lowest BCUT2D eigenvalue weighted by atomic mass is 10.0. The molecule has 3 aromatic rings. The molecule has 0 aliphatic heterocycles. The molecule has 8 heteroatoms. The molecule has 0 spiro atoms. The first kappa shape index (κ1) is 22.9. The van der Waals surface area contributed by atoms with Gasteiger partial charge in [0.25, 0.3) is 0 Å². The summed E-state index contributed by atoms with van der Waals surface area (Å²) in [7, 11) is 1.24. The lowest BCUT2D eigenvalue weighted by Gasteiger charge is -2.22. The zero-order valence-corrected chi connectivity index (χ0v) is 17.8. The van der Waals surface area contributed by atoms with Gasteiger partial charge in [0, 0.05) is 30.8 Å². The molecule has 0 saturated carbocycles. The number of methoxy groups -OCH3 is 1. The van der Waals surface area contributed by atoms with E-state index in [0.29, 0.717) is 11.3 Å². The summed E-state index contributed by atoms with van der Waals surface area (Å²) in [4.78, 5) is 41.5. The summed E-state index contributed by atoms with van der Waals surface area (Å²) >= 11 is 0. The van der Waals surface area contributed by atoms with Crippen LogP contribution in [0, 0.1) is 5.82 Å². The number of ether oxygens (including phenoxy) is 1. The van der Waals surface area contributed by atoms with Crippen LogP contribution in [-0.4, -0.2) is 42.0 Å². The molecule has 2 aromatic carbocycles. The van der Waals surface area contributed by atoms with E-state index in [9.17, 15) is 18.8 Å². The lowest BCUT2D eigenvalue weighted by Crippen LogP contribution is -2.53. The maximum atomic E-state index is 13.2. The van der Waals surface area contributed by atoms with Crippen LogP contribution in [0.4, 0.5) is 4.39 Å². The fourth-order valence-electron chi connectivity index (χ4n) is 3.35. The second kappa shape index (κ2) is 10.5. The van der Waals surface area contributed by atoms with E-state index in [-0.39, 0.29) is 12.8 Å². The van der Waals surface area contributed by atoms with Gasteiger partial charge in [-0.15, -0.1) is 0 Å². The molecule has 0 radical (unpaired) electrons. The smallest absolute Gasteiger partial charge is 0.328 e. The van der Waals surface area contributed by atoms with Gasteiger partial charge in [-0.05, 0) is 29.8 Å². The topological polar surface area (TPSA) is 97.4 Å². The minimum absolute atomic E-state index is 0.118. The number of halogens is 1. The number of amides is 2. The van der Waals surface area contributed by atoms with Crippen molar-refractivity contribution in [1.29, 1.82) is 0 Å². The Hall–Kier alpha value is -3.81. The Kier molecular flexibility index (Phi) is 7.49. The first-order chi connectivity index (χ1) is 15.4. The number of nitrogens with zero attached hydrogens (tertiary/aromatic N) is 1. The van der Waals surface area contributed by atoms with Crippen molar-refractivity contribution in [2.75, 3.05) is 7.11 Å². The summed E-state index contributed by atoms with van der Waals surface area (Å²) in [5.41, 5.74) is 2.03. The van der Waals surface area contributed by atoms with Gasteiger partial charge in [-0.25, -0.2) is 9.18 Å². The Morgan fingerprint density at radius 1 is 0.938 bits per heavy atom. The molecular formula is C24H24FN3O4. The van der Waals surface area contributed by atoms with Crippen molar-refractivity contribution in [1.82, 2.24) is 15.6 Å². The number of hydrogen-bond donors (Lipinski definition) is 2. The second-order valence-corrected chi connectivity index (χ2v) is 7.37. The van der Waals surface area contributed by atoms with E-state index in [4.69, 9.17) is 4.74 Å². The zero-order valence-electron chi connectivity index (χ0n) is 17.8. The number of aromatic nitrogens is 1. The molecule has 2 atom stereocenters. The fraction of sp³-hybridized carbons (Fsp3) is 0.250. The fourth-order valence-corrected chi connectivity index (χ4v) is 3.35. The molecule has 3 rings (SSSR count). The minimum atomic E-state index is -0.995. The Balaban J connectivity index is 1.77. The molecule has 0 unspecified atom stereocenters. The van der Waals surface area contributed by atoms with E-state index >= 15 is 0 Å². The molecule has 1 aromatic heterocycles. The first-order valence-corrected chi connectivity index (χ1v) is 10.1. The van der Waals surface area contributed by atoms with Gasteiger partial charge in [0.05, 0.1) is 12.6 Å². The summed E-state index contributed by atoms with van der Waals surface area (Å²) in [5, 5.41) is 6.20. The van der Waals surface area contributed by atoms with Gasteiger partial charge in [0.15, 0.2) is 0 Å². The van der Waals surface area contributed by atoms with Crippen molar-refractivity contribution in [3.63, 3.8) is 0 Å². The number of para-hydroxylation sites is 1. The standard InChI is InChI=1S/C24H24FN3O4/c1-15(29)26-21(13-16-7-10-18(25)11-8-16)23(30)28-22(24(31)32-2)14-19-12-9-17-5-3-4-6-20(17)27-19/h3-12,21-22H,13-14H2,1-2H3,(H,26,29)(H,28,30)/t21-,22-/m0/s1. The van der Waals surface area contributed by atoms with Gasteiger partial charge in [0.1, 0.15) is 17.9 Å². The summed E-state index contributed by atoms with van der Waals surface area (Å²) in [6, 6.07) is 14.9. The van der Waals surface area contributed by atoms with Crippen molar-refractivity contribution >= 4 is 28.7 Å². The summed E-state index contributed by atoms with van der Waals surface area (Å²) in [6.07, 6.45) is 0.250. The summed E-state index contributed by atoms with van der Waals surface area (Å²) in [6.45, 7) is 1.29. The number of carbonyl (C=O) groups excluding carboxylic acids is 3. The molecule has 166 valence electrons. The van der Waals surface area contributed by atoms with E-state index in [1.54, 1.807) is 6.07 Å². The highest BCUT2D eigenvalue weighted by Crippen LogP contribution is 2.13. The molecule has 0 aliphatic rings. The van der Waals surface area contributed by atoms with Gasteiger partial charge < -0.3 is 15.4 Å². The normalized spacial score (nSPS) is 12.6. The third-order valence-corrected chi connectivity index (χ3v) is 4.92. The summed E-state index contributed by atoms with van der Waals surface area (Å²) < 4.78 is 18.0. The number of pyridine rings is 1. The maximum absolute atomic E-state index is 13.2. The molecule has 0 aliphatic carbocycles. The minimum Gasteiger partial charge on any atom is -0.467 e. The van der Waals surface area contributed by atoms with Crippen molar-refractivity contribution in [3.8, 4) is 0 Å². The number of carbonyl (C=O) groups is 3. The Bertz CT molecular complexity index is 1120. The van der Waals surface area contributed by atoms with Crippen LogP contribution in [0.3, 0.4) is 0 Å². The Morgan fingerprint density at radius 2 is 1.66 bits per heavy atom. The molecule has 2 N–H and O–H groups in total. The van der Waals surface area contributed by atoms with Crippen LogP contribution < -0.4 is 10.6 Å². The van der Waals surface area contributed by atoms with Crippen LogP contribution in [0.1, 0.15) is 18.2 Å². The third-order valence-electron chi connectivity index (χ3n) is 4.92. The van der Waals surface area contributed by atoms with E-state index in [1.165, 1.54) is 38.3 Å². The van der Waals surface area contributed by atoms with Crippen LogP contribution in [0.5, 0.6) is 0 Å². The van der Waals surface area contributed by atoms with Gasteiger partial charge >= 0.3 is 5.97 Å². The molecule has 0 bridgehead atoms. The Morgan fingerprint density at radius 3 is 2.34 bits per heavy atom. The van der Waals surface area contributed by atoms with Gasteiger partial charge in [-0.1, -0.05) is 36.4 Å². The highest BCUT2D eigenvalue weighted by Gasteiger charge is 2.27. The van der Waals surface area contributed by atoms with Gasteiger partial charge in [0.2, 0.25) is 11.8 Å². The highest BCUT2D eigenvalue weighted by atomic mass is 19.1. The van der Waals surface area contributed by atoms with Crippen LogP contribution in [0.2, 0.25) is 0 Å². The van der Waals surface area contributed by atoms with Crippen molar-refractivity contribution in [2.24, 2.45) is 0 Å². The number of nitrogens with one attached hydrogen (secondary N) is 2.